The van der Waals surface area contributed by atoms with Crippen molar-refractivity contribution >= 4 is 23.7 Å². The summed E-state index contributed by atoms with van der Waals surface area (Å²) in [5.41, 5.74) is 0.877. The molecule has 0 unspecified atom stereocenters. The molecule has 1 aliphatic carbocycles. The van der Waals surface area contributed by atoms with Gasteiger partial charge in [0.25, 0.3) is 5.91 Å². The standard InChI is InChI=1S/C15H19ClN2O2/c16-13-8-6-12(7-9-13)10-17-20-11-15(19)18-14-4-2-1-3-5-14/h6-10,14H,1-5,11H2,(H,18,19)/b17-10+. The normalized spacial score (nSPS) is 16.2. The molecule has 1 N–H and O–H groups in total. The number of nitrogens with one attached hydrogen (secondary N) is 1. The van der Waals surface area contributed by atoms with Crippen molar-refractivity contribution in [3.05, 3.63) is 34.9 Å². The number of nitrogens with zero attached hydrogens (tertiary/aromatic N) is 1. The van der Waals surface area contributed by atoms with Gasteiger partial charge in [0, 0.05) is 11.1 Å². The molecule has 20 heavy (non-hydrogen) atoms. The highest BCUT2D eigenvalue weighted by Gasteiger charge is 2.15. The molecule has 0 aromatic heterocycles. The van der Waals surface area contributed by atoms with E-state index < -0.39 is 0 Å². The summed E-state index contributed by atoms with van der Waals surface area (Å²) in [5.74, 6) is -0.106. The Bertz CT molecular complexity index is 453. The monoisotopic (exact) mass is 294 g/mol. The van der Waals surface area contributed by atoms with Crippen LogP contribution in [0.5, 0.6) is 0 Å². The van der Waals surface area contributed by atoms with Gasteiger partial charge in [-0.2, -0.15) is 0 Å². The minimum Gasteiger partial charge on any atom is -0.386 e. The van der Waals surface area contributed by atoms with Crippen LogP contribution in [0.15, 0.2) is 29.4 Å². The number of hydrogen-bond acceptors (Lipinski definition) is 3. The van der Waals surface area contributed by atoms with Crippen LogP contribution in [0.3, 0.4) is 0 Å². The van der Waals surface area contributed by atoms with Gasteiger partial charge < -0.3 is 10.2 Å². The van der Waals surface area contributed by atoms with E-state index in [0.29, 0.717) is 11.1 Å². The number of halogens is 1. The molecule has 0 aliphatic heterocycles. The Morgan fingerprint density at radius 3 is 2.70 bits per heavy atom. The Balaban J connectivity index is 1.66. The minimum atomic E-state index is -0.106. The van der Waals surface area contributed by atoms with Crippen LogP contribution in [-0.2, 0) is 9.63 Å². The fourth-order valence-electron chi connectivity index (χ4n) is 2.26. The minimum absolute atomic E-state index is 0.0411. The van der Waals surface area contributed by atoms with E-state index in [1.807, 2.05) is 12.1 Å². The maximum atomic E-state index is 11.6. The Labute approximate surface area is 124 Å². The number of carbonyl (C=O) groups is 1. The zero-order valence-corrected chi connectivity index (χ0v) is 12.1. The lowest BCUT2D eigenvalue weighted by molar-refractivity contribution is -0.126. The van der Waals surface area contributed by atoms with Gasteiger partial charge in [-0.1, -0.05) is 48.2 Å². The Morgan fingerprint density at radius 1 is 1.30 bits per heavy atom. The van der Waals surface area contributed by atoms with Crippen molar-refractivity contribution in [1.82, 2.24) is 5.32 Å². The van der Waals surface area contributed by atoms with Crippen LogP contribution in [0.1, 0.15) is 37.7 Å². The van der Waals surface area contributed by atoms with Gasteiger partial charge >= 0.3 is 0 Å². The first kappa shape index (κ1) is 14.9. The summed E-state index contributed by atoms with van der Waals surface area (Å²) in [6.07, 6.45) is 7.36. The van der Waals surface area contributed by atoms with Gasteiger partial charge in [-0.3, -0.25) is 4.79 Å². The highest BCUT2D eigenvalue weighted by molar-refractivity contribution is 6.30. The molecule has 4 nitrogen and oxygen atoms in total. The van der Waals surface area contributed by atoms with Crippen molar-refractivity contribution in [3.8, 4) is 0 Å². The largest absolute Gasteiger partial charge is 0.386 e. The number of rotatable bonds is 5. The van der Waals surface area contributed by atoms with Crippen molar-refractivity contribution in [2.75, 3.05) is 6.61 Å². The summed E-state index contributed by atoms with van der Waals surface area (Å²) in [5, 5.41) is 7.42. The van der Waals surface area contributed by atoms with E-state index in [1.54, 1.807) is 18.3 Å². The SMILES string of the molecule is O=C(CO/N=C/c1ccc(Cl)cc1)NC1CCCCC1. The molecule has 5 heteroatoms. The molecule has 1 aliphatic rings. The first-order chi connectivity index (χ1) is 9.74. The smallest absolute Gasteiger partial charge is 0.260 e. The summed E-state index contributed by atoms with van der Waals surface area (Å²) in [6, 6.07) is 7.52. The third-order valence-corrected chi connectivity index (χ3v) is 3.56. The fraction of sp³-hybridized carbons (Fsp3) is 0.467. The number of amides is 1. The van der Waals surface area contributed by atoms with Crippen LogP contribution < -0.4 is 5.32 Å². The lowest BCUT2D eigenvalue weighted by Crippen LogP contribution is -2.38. The van der Waals surface area contributed by atoms with Crippen LogP contribution in [-0.4, -0.2) is 24.8 Å². The third kappa shape index (κ3) is 5.21. The average Bonchev–Trinajstić information content (AvgIpc) is 2.46. The van der Waals surface area contributed by atoms with Gasteiger partial charge in [-0.25, -0.2) is 0 Å². The molecule has 1 aromatic carbocycles. The number of benzene rings is 1. The highest BCUT2D eigenvalue weighted by atomic mass is 35.5. The van der Waals surface area contributed by atoms with Gasteiger partial charge in [-0.15, -0.1) is 0 Å². The molecule has 1 saturated carbocycles. The summed E-state index contributed by atoms with van der Waals surface area (Å²) in [4.78, 5) is 16.6. The molecule has 0 saturated heterocycles. The van der Waals surface area contributed by atoms with Crippen LogP contribution in [0, 0.1) is 0 Å². The second-order valence-electron chi connectivity index (χ2n) is 4.96. The van der Waals surface area contributed by atoms with Crippen molar-refractivity contribution in [2.24, 2.45) is 5.16 Å². The van der Waals surface area contributed by atoms with Crippen LogP contribution >= 0.6 is 11.6 Å². The first-order valence-electron chi connectivity index (χ1n) is 6.94. The summed E-state index contributed by atoms with van der Waals surface area (Å²) in [7, 11) is 0. The second kappa shape index (κ2) is 7.90. The Kier molecular flexibility index (Phi) is 5.87. The molecule has 0 spiro atoms. The van der Waals surface area contributed by atoms with E-state index in [2.05, 4.69) is 10.5 Å². The maximum absolute atomic E-state index is 11.6. The Hall–Kier alpha value is -1.55. The quantitative estimate of drug-likeness (QED) is 0.670. The molecule has 0 bridgehead atoms. The Morgan fingerprint density at radius 2 is 2.00 bits per heavy atom. The highest BCUT2D eigenvalue weighted by Crippen LogP contribution is 2.17. The van der Waals surface area contributed by atoms with E-state index in [4.69, 9.17) is 16.4 Å². The van der Waals surface area contributed by atoms with Gasteiger partial charge in [0.2, 0.25) is 0 Å². The maximum Gasteiger partial charge on any atom is 0.260 e. The zero-order chi connectivity index (χ0) is 14.2. The van der Waals surface area contributed by atoms with E-state index in [-0.39, 0.29) is 12.5 Å². The summed E-state index contributed by atoms with van der Waals surface area (Å²) < 4.78 is 0. The number of oxime groups is 1. The lowest BCUT2D eigenvalue weighted by Gasteiger charge is -2.22. The topological polar surface area (TPSA) is 50.7 Å². The summed E-state index contributed by atoms with van der Waals surface area (Å²) >= 11 is 5.78. The molecule has 0 atom stereocenters. The van der Waals surface area contributed by atoms with Crippen molar-refractivity contribution in [3.63, 3.8) is 0 Å². The van der Waals surface area contributed by atoms with Crippen molar-refractivity contribution in [1.29, 1.82) is 0 Å². The number of hydrogen-bond donors (Lipinski definition) is 1. The van der Waals surface area contributed by atoms with Gasteiger partial charge in [0.1, 0.15) is 0 Å². The van der Waals surface area contributed by atoms with Crippen LogP contribution in [0.4, 0.5) is 0 Å². The molecule has 1 aromatic rings. The number of carbonyl (C=O) groups excluding carboxylic acids is 1. The predicted octanol–water partition coefficient (Wildman–Crippen LogP) is 3.14. The molecule has 1 amide bonds. The van der Waals surface area contributed by atoms with E-state index in [1.165, 1.54) is 19.3 Å². The molecule has 2 rings (SSSR count). The van der Waals surface area contributed by atoms with Crippen LogP contribution in [0.2, 0.25) is 5.02 Å². The molecule has 0 heterocycles. The second-order valence-corrected chi connectivity index (χ2v) is 5.40. The average molecular weight is 295 g/mol. The van der Waals surface area contributed by atoms with E-state index >= 15 is 0 Å². The molecule has 108 valence electrons. The van der Waals surface area contributed by atoms with Crippen LogP contribution in [0.25, 0.3) is 0 Å². The first-order valence-corrected chi connectivity index (χ1v) is 7.32. The van der Waals surface area contributed by atoms with Crippen molar-refractivity contribution in [2.45, 2.75) is 38.1 Å². The fourth-order valence-corrected chi connectivity index (χ4v) is 2.39. The summed E-state index contributed by atoms with van der Waals surface area (Å²) in [6.45, 7) is -0.0411. The van der Waals surface area contributed by atoms with Gasteiger partial charge in [0.15, 0.2) is 6.61 Å². The molecular formula is C15H19ClN2O2. The molecule has 1 fully saturated rings. The van der Waals surface area contributed by atoms with Gasteiger partial charge in [-0.05, 0) is 30.5 Å². The lowest BCUT2D eigenvalue weighted by atomic mass is 9.95. The third-order valence-electron chi connectivity index (χ3n) is 3.31. The molecular weight excluding hydrogens is 276 g/mol. The zero-order valence-electron chi connectivity index (χ0n) is 11.3. The van der Waals surface area contributed by atoms with Gasteiger partial charge in [0.05, 0.1) is 6.21 Å². The predicted molar refractivity (Wildman–Crippen MR) is 80.0 cm³/mol. The van der Waals surface area contributed by atoms with E-state index in [9.17, 15) is 4.79 Å². The van der Waals surface area contributed by atoms with Crippen molar-refractivity contribution < 1.29 is 9.63 Å². The van der Waals surface area contributed by atoms with E-state index in [0.717, 1.165) is 18.4 Å². The molecule has 0 radical (unpaired) electrons.